The normalized spacial score (nSPS) is 16.4. The number of alkyl halides is 3. The molecule has 2 rings (SSSR count). The van der Waals surface area contributed by atoms with Crippen LogP contribution in [0.5, 0.6) is 0 Å². The van der Waals surface area contributed by atoms with E-state index in [9.17, 15) is 22.8 Å². The van der Waals surface area contributed by atoms with Crippen molar-refractivity contribution in [1.82, 2.24) is 0 Å². The van der Waals surface area contributed by atoms with Gasteiger partial charge in [-0.1, -0.05) is 18.2 Å². The van der Waals surface area contributed by atoms with Gasteiger partial charge in [-0.2, -0.15) is 13.2 Å². The van der Waals surface area contributed by atoms with E-state index in [1.165, 1.54) is 18.2 Å². The molecule has 0 saturated heterocycles. The second kappa shape index (κ2) is 5.87. The lowest BCUT2D eigenvalue weighted by Crippen LogP contribution is -2.29. The van der Waals surface area contributed by atoms with Crippen molar-refractivity contribution >= 4 is 11.8 Å². The molecular formula is C15H15F3O3. The van der Waals surface area contributed by atoms with Gasteiger partial charge in [-0.25, -0.2) is 0 Å². The van der Waals surface area contributed by atoms with E-state index in [-0.39, 0.29) is 23.7 Å². The molecule has 1 aliphatic carbocycles. The van der Waals surface area contributed by atoms with Gasteiger partial charge in [0.25, 0.3) is 0 Å². The van der Waals surface area contributed by atoms with Crippen molar-refractivity contribution in [2.45, 2.75) is 25.4 Å². The highest BCUT2D eigenvalue weighted by atomic mass is 19.4. The van der Waals surface area contributed by atoms with E-state index in [1.807, 2.05) is 0 Å². The molecule has 114 valence electrons. The minimum atomic E-state index is -4.51. The summed E-state index contributed by atoms with van der Waals surface area (Å²) in [7, 11) is 1.13. The fourth-order valence-electron chi connectivity index (χ4n) is 2.29. The number of methoxy groups -OCH3 is 1. The van der Waals surface area contributed by atoms with Gasteiger partial charge in [-0.3, -0.25) is 9.59 Å². The van der Waals surface area contributed by atoms with E-state index in [1.54, 1.807) is 0 Å². The second-order valence-electron chi connectivity index (χ2n) is 5.11. The molecule has 6 heteroatoms. The maximum atomic E-state index is 13.0. The molecule has 21 heavy (non-hydrogen) atoms. The zero-order valence-electron chi connectivity index (χ0n) is 11.4. The summed E-state index contributed by atoms with van der Waals surface area (Å²) in [4.78, 5) is 23.8. The Balaban J connectivity index is 2.28. The second-order valence-corrected chi connectivity index (χ2v) is 5.11. The van der Waals surface area contributed by atoms with Crippen LogP contribution in [0.15, 0.2) is 24.3 Å². The van der Waals surface area contributed by atoms with E-state index < -0.39 is 23.6 Å². The number of esters is 1. The Morgan fingerprint density at radius 1 is 1.29 bits per heavy atom. The molecule has 0 heterocycles. The van der Waals surface area contributed by atoms with Gasteiger partial charge < -0.3 is 4.74 Å². The molecule has 0 amide bonds. The number of carbonyl (C=O) groups excluding carboxylic acids is 2. The molecule has 0 aromatic heterocycles. The quantitative estimate of drug-likeness (QED) is 0.620. The standard InChI is InChI=1S/C15H15F3O3/c1-21-14(20)11(13(19)9-6-7-9)8-10-4-2-3-5-12(10)15(16,17)18/h2-5,9,11H,6-8H2,1H3. The van der Waals surface area contributed by atoms with Crippen LogP contribution in [0.25, 0.3) is 0 Å². The Morgan fingerprint density at radius 3 is 2.43 bits per heavy atom. The van der Waals surface area contributed by atoms with Gasteiger partial charge >= 0.3 is 12.1 Å². The van der Waals surface area contributed by atoms with Crippen LogP contribution in [0.3, 0.4) is 0 Å². The van der Waals surface area contributed by atoms with Crippen molar-refractivity contribution in [2.24, 2.45) is 11.8 Å². The third kappa shape index (κ3) is 3.62. The number of benzene rings is 1. The smallest absolute Gasteiger partial charge is 0.416 e. The molecule has 0 spiro atoms. The summed E-state index contributed by atoms with van der Waals surface area (Å²) < 4.78 is 43.4. The fourth-order valence-corrected chi connectivity index (χ4v) is 2.29. The van der Waals surface area contributed by atoms with Crippen LogP contribution < -0.4 is 0 Å². The number of halogens is 3. The molecule has 1 atom stereocenters. The van der Waals surface area contributed by atoms with Crippen molar-refractivity contribution in [2.75, 3.05) is 7.11 Å². The monoisotopic (exact) mass is 300 g/mol. The van der Waals surface area contributed by atoms with Crippen molar-refractivity contribution in [3.63, 3.8) is 0 Å². The molecule has 0 bridgehead atoms. The van der Waals surface area contributed by atoms with Crippen LogP contribution in [-0.4, -0.2) is 18.9 Å². The summed E-state index contributed by atoms with van der Waals surface area (Å²) in [5.74, 6) is -2.47. The van der Waals surface area contributed by atoms with Crippen molar-refractivity contribution in [3.8, 4) is 0 Å². The zero-order valence-corrected chi connectivity index (χ0v) is 11.4. The first-order valence-corrected chi connectivity index (χ1v) is 6.61. The van der Waals surface area contributed by atoms with Gasteiger partial charge in [0.05, 0.1) is 12.7 Å². The van der Waals surface area contributed by atoms with Crippen molar-refractivity contribution in [1.29, 1.82) is 0 Å². The number of hydrogen-bond acceptors (Lipinski definition) is 3. The van der Waals surface area contributed by atoms with Crippen LogP contribution in [0, 0.1) is 11.8 Å². The Kier molecular flexibility index (Phi) is 4.34. The van der Waals surface area contributed by atoms with E-state index in [0.29, 0.717) is 12.8 Å². The van der Waals surface area contributed by atoms with Crippen molar-refractivity contribution in [3.05, 3.63) is 35.4 Å². The van der Waals surface area contributed by atoms with Gasteiger partial charge in [-0.05, 0) is 30.9 Å². The summed E-state index contributed by atoms with van der Waals surface area (Å²) >= 11 is 0. The highest BCUT2D eigenvalue weighted by molar-refractivity contribution is 6.01. The predicted molar refractivity (Wildman–Crippen MR) is 68.4 cm³/mol. The number of ether oxygens (including phenoxy) is 1. The van der Waals surface area contributed by atoms with Crippen LogP contribution in [-0.2, 0) is 26.9 Å². The first-order valence-electron chi connectivity index (χ1n) is 6.61. The number of hydrogen-bond donors (Lipinski definition) is 0. The van der Waals surface area contributed by atoms with Gasteiger partial charge in [0.15, 0.2) is 5.78 Å². The van der Waals surface area contributed by atoms with Crippen LogP contribution in [0.2, 0.25) is 0 Å². The summed E-state index contributed by atoms with van der Waals surface area (Å²) in [6.07, 6.45) is -3.42. The lowest BCUT2D eigenvalue weighted by Gasteiger charge is -2.17. The van der Waals surface area contributed by atoms with Gasteiger partial charge in [0, 0.05) is 5.92 Å². The SMILES string of the molecule is COC(=O)C(Cc1ccccc1C(F)(F)F)C(=O)C1CC1. The molecule has 3 nitrogen and oxygen atoms in total. The number of ketones is 1. The van der Waals surface area contributed by atoms with Crippen LogP contribution >= 0.6 is 0 Å². The zero-order chi connectivity index (χ0) is 15.6. The maximum Gasteiger partial charge on any atom is 0.416 e. The Bertz CT molecular complexity index is 547. The minimum absolute atomic E-state index is 0.0607. The van der Waals surface area contributed by atoms with Crippen molar-refractivity contribution < 1.29 is 27.5 Å². The molecule has 1 aliphatic rings. The third-order valence-electron chi connectivity index (χ3n) is 3.56. The summed E-state index contributed by atoms with van der Waals surface area (Å²) in [6.45, 7) is 0. The summed E-state index contributed by atoms with van der Waals surface area (Å²) in [5, 5.41) is 0. The largest absolute Gasteiger partial charge is 0.468 e. The molecule has 1 unspecified atom stereocenters. The van der Waals surface area contributed by atoms with Gasteiger partial charge in [0.2, 0.25) is 0 Å². The van der Waals surface area contributed by atoms with E-state index in [2.05, 4.69) is 4.74 Å². The molecule has 1 aromatic carbocycles. The van der Waals surface area contributed by atoms with Gasteiger partial charge in [-0.15, -0.1) is 0 Å². The first kappa shape index (κ1) is 15.5. The van der Waals surface area contributed by atoms with E-state index >= 15 is 0 Å². The highest BCUT2D eigenvalue weighted by Crippen LogP contribution is 2.36. The average Bonchev–Trinajstić information content (AvgIpc) is 3.27. The Hall–Kier alpha value is -1.85. The minimum Gasteiger partial charge on any atom is -0.468 e. The molecule has 1 saturated carbocycles. The third-order valence-corrected chi connectivity index (χ3v) is 3.56. The highest BCUT2D eigenvalue weighted by Gasteiger charge is 2.40. The predicted octanol–water partition coefficient (Wildman–Crippen LogP) is 3.02. The molecule has 1 fully saturated rings. The molecule has 1 aromatic rings. The number of carbonyl (C=O) groups is 2. The topological polar surface area (TPSA) is 43.4 Å². The number of rotatable bonds is 5. The molecule has 0 N–H and O–H groups in total. The Labute approximate surface area is 120 Å². The van der Waals surface area contributed by atoms with Gasteiger partial charge in [0.1, 0.15) is 5.92 Å². The van der Waals surface area contributed by atoms with Crippen LogP contribution in [0.4, 0.5) is 13.2 Å². The first-order chi connectivity index (χ1) is 9.84. The summed E-state index contributed by atoms with van der Waals surface area (Å²) in [6, 6.07) is 4.98. The van der Waals surface area contributed by atoms with Crippen LogP contribution in [0.1, 0.15) is 24.0 Å². The lowest BCUT2D eigenvalue weighted by atomic mass is 9.90. The molecular weight excluding hydrogens is 285 g/mol. The summed E-state index contributed by atoms with van der Waals surface area (Å²) in [5.41, 5.74) is -0.878. The average molecular weight is 300 g/mol. The molecule has 0 radical (unpaired) electrons. The molecule has 0 aliphatic heterocycles. The van der Waals surface area contributed by atoms with E-state index in [0.717, 1.165) is 13.2 Å². The lowest BCUT2D eigenvalue weighted by molar-refractivity contribution is -0.150. The maximum absolute atomic E-state index is 13.0. The number of Topliss-reactive ketones (excluding diaryl/α,β-unsaturated/α-hetero) is 1. The Morgan fingerprint density at radius 2 is 1.90 bits per heavy atom. The van der Waals surface area contributed by atoms with E-state index in [4.69, 9.17) is 0 Å². The fraction of sp³-hybridized carbons (Fsp3) is 0.467.